The van der Waals surface area contributed by atoms with E-state index in [2.05, 4.69) is 15.8 Å². The number of nitrogens with one attached hydrogen (secondary N) is 2. The molecule has 2 aliphatic rings. The van der Waals surface area contributed by atoms with Gasteiger partial charge in [0.2, 0.25) is 0 Å². The third-order valence-corrected chi connectivity index (χ3v) is 5.41. The first kappa shape index (κ1) is 16.0. The molecule has 0 atom stereocenters. The van der Waals surface area contributed by atoms with Crippen LogP contribution < -0.4 is 10.7 Å². The Balaban J connectivity index is 1.51. The van der Waals surface area contributed by atoms with E-state index in [9.17, 15) is 9.59 Å². The molecule has 0 radical (unpaired) electrons. The van der Waals surface area contributed by atoms with Crippen LogP contribution in [0, 0.1) is 0 Å². The third-order valence-electron chi connectivity index (χ3n) is 4.22. The summed E-state index contributed by atoms with van der Waals surface area (Å²) < 4.78 is 0. The average molecular weight is 354 g/mol. The van der Waals surface area contributed by atoms with Crippen molar-refractivity contribution in [2.45, 2.75) is 38.1 Å². The molecule has 0 bridgehead atoms. The summed E-state index contributed by atoms with van der Waals surface area (Å²) in [5, 5.41) is 7.82. The number of fused-ring (bicyclic) bond motifs is 1. The van der Waals surface area contributed by atoms with Crippen molar-refractivity contribution in [2.24, 2.45) is 5.10 Å². The van der Waals surface area contributed by atoms with Crippen molar-refractivity contribution in [2.75, 3.05) is 0 Å². The van der Waals surface area contributed by atoms with E-state index in [-0.39, 0.29) is 6.04 Å². The number of amides is 2. The maximum atomic E-state index is 11.8. The summed E-state index contributed by atoms with van der Waals surface area (Å²) in [5.74, 6) is -1.32. The highest BCUT2D eigenvalue weighted by Gasteiger charge is 2.27. The Bertz CT molecular complexity index is 840. The number of benzene rings is 1. The first-order chi connectivity index (χ1) is 12.2. The van der Waals surface area contributed by atoms with Crippen LogP contribution in [0.4, 0.5) is 0 Å². The van der Waals surface area contributed by atoms with E-state index in [0.29, 0.717) is 0 Å². The number of hydrazone groups is 1. The molecule has 4 rings (SSSR count). The van der Waals surface area contributed by atoms with Gasteiger partial charge in [-0.15, -0.1) is 11.3 Å². The van der Waals surface area contributed by atoms with Gasteiger partial charge in [0, 0.05) is 11.6 Å². The van der Waals surface area contributed by atoms with Gasteiger partial charge in [-0.2, -0.15) is 5.10 Å². The number of hydrogen-bond acceptors (Lipinski definition) is 5. The van der Waals surface area contributed by atoms with Gasteiger partial charge in [-0.05, 0) is 32.1 Å². The van der Waals surface area contributed by atoms with Crippen LogP contribution in [0.5, 0.6) is 0 Å². The Labute approximate surface area is 149 Å². The van der Waals surface area contributed by atoms with Crippen LogP contribution >= 0.6 is 11.3 Å². The molecule has 0 saturated heterocycles. The van der Waals surface area contributed by atoms with E-state index in [1.807, 2.05) is 30.3 Å². The average Bonchev–Trinajstić information content (AvgIpc) is 3.34. The number of rotatable bonds is 3. The van der Waals surface area contributed by atoms with Crippen molar-refractivity contribution in [3.63, 3.8) is 0 Å². The Hall–Kier alpha value is -2.54. The van der Waals surface area contributed by atoms with Gasteiger partial charge in [0.1, 0.15) is 5.01 Å². The fourth-order valence-corrected chi connectivity index (χ4v) is 3.88. The highest BCUT2D eigenvalue weighted by molar-refractivity contribution is 7.17. The lowest BCUT2D eigenvalue weighted by molar-refractivity contribution is -0.139. The minimum atomic E-state index is -0.709. The van der Waals surface area contributed by atoms with Crippen LogP contribution in [0.25, 0.3) is 10.6 Å². The Morgan fingerprint density at radius 3 is 2.68 bits per heavy atom. The predicted molar refractivity (Wildman–Crippen MR) is 96.3 cm³/mol. The van der Waals surface area contributed by atoms with E-state index in [1.165, 1.54) is 0 Å². The molecule has 0 aliphatic heterocycles. The zero-order valence-electron chi connectivity index (χ0n) is 13.6. The molecular formula is C18H18N4O2S. The summed E-state index contributed by atoms with van der Waals surface area (Å²) in [5.41, 5.74) is 5.29. The van der Waals surface area contributed by atoms with Gasteiger partial charge in [0.25, 0.3) is 0 Å². The minimum Gasteiger partial charge on any atom is -0.345 e. The largest absolute Gasteiger partial charge is 0.345 e. The molecular weight excluding hydrogens is 336 g/mol. The van der Waals surface area contributed by atoms with Gasteiger partial charge in [-0.25, -0.2) is 10.4 Å². The highest BCUT2D eigenvalue weighted by Crippen LogP contribution is 2.32. The summed E-state index contributed by atoms with van der Waals surface area (Å²) in [4.78, 5) is 29.3. The maximum Gasteiger partial charge on any atom is 0.329 e. The van der Waals surface area contributed by atoms with Crippen LogP contribution in [0.1, 0.15) is 36.3 Å². The molecule has 1 aromatic heterocycles. The normalized spacial score (nSPS) is 17.8. The number of aromatic nitrogens is 1. The van der Waals surface area contributed by atoms with E-state index in [0.717, 1.165) is 59.0 Å². The zero-order valence-corrected chi connectivity index (χ0v) is 14.4. The van der Waals surface area contributed by atoms with Gasteiger partial charge >= 0.3 is 11.8 Å². The number of nitrogens with zero attached hydrogens (tertiary/aromatic N) is 2. The number of carbonyl (C=O) groups excluding carboxylic acids is 2. The van der Waals surface area contributed by atoms with Crippen LogP contribution in [0.2, 0.25) is 0 Å². The lowest BCUT2D eigenvalue weighted by atomic mass is 10.0. The monoisotopic (exact) mass is 354 g/mol. The second kappa shape index (κ2) is 6.76. The molecule has 128 valence electrons. The quantitative estimate of drug-likeness (QED) is 0.655. The van der Waals surface area contributed by atoms with Gasteiger partial charge < -0.3 is 5.32 Å². The van der Waals surface area contributed by atoms with E-state index >= 15 is 0 Å². The van der Waals surface area contributed by atoms with Gasteiger partial charge in [0.15, 0.2) is 0 Å². The van der Waals surface area contributed by atoms with Crippen molar-refractivity contribution in [3.8, 4) is 10.6 Å². The smallest absolute Gasteiger partial charge is 0.329 e. The Morgan fingerprint density at radius 2 is 1.92 bits per heavy atom. The summed E-state index contributed by atoms with van der Waals surface area (Å²) in [6.45, 7) is 0. The number of aryl methyl sites for hydroxylation is 1. The maximum absolute atomic E-state index is 11.8. The summed E-state index contributed by atoms with van der Waals surface area (Å²) in [6.07, 6.45) is 4.51. The van der Waals surface area contributed by atoms with Gasteiger partial charge in [-0.3, -0.25) is 9.59 Å². The van der Waals surface area contributed by atoms with Crippen LogP contribution in [0.3, 0.4) is 0 Å². The Morgan fingerprint density at radius 1 is 1.12 bits per heavy atom. The third kappa shape index (κ3) is 3.61. The standard InChI is InChI=1S/C18H18N4O2S/c23-16(19-12-9-10-12)17(24)22-21-14-8-4-7-13-15(14)25-18(20-13)11-5-2-1-3-6-11/h1-3,5-6,12H,4,7-10H2,(H,19,23)(H,22,24). The van der Waals surface area contributed by atoms with Crippen molar-refractivity contribution in [3.05, 3.63) is 40.9 Å². The lowest BCUT2D eigenvalue weighted by Crippen LogP contribution is -2.39. The SMILES string of the molecule is O=C(NN=C1CCCc2nc(-c3ccccc3)sc21)C(=O)NC1CC1. The fourth-order valence-electron chi connectivity index (χ4n) is 2.74. The van der Waals surface area contributed by atoms with Crippen molar-refractivity contribution in [1.29, 1.82) is 0 Å². The molecule has 2 N–H and O–H groups in total. The predicted octanol–water partition coefficient (Wildman–Crippen LogP) is 2.25. The lowest BCUT2D eigenvalue weighted by Gasteiger charge is -2.12. The van der Waals surface area contributed by atoms with E-state index in [4.69, 9.17) is 4.98 Å². The molecule has 2 aromatic rings. The topological polar surface area (TPSA) is 83.5 Å². The van der Waals surface area contributed by atoms with Gasteiger partial charge in [-0.1, -0.05) is 30.3 Å². The van der Waals surface area contributed by atoms with Crippen LogP contribution in [-0.2, 0) is 16.0 Å². The molecule has 1 heterocycles. The minimum absolute atomic E-state index is 0.155. The molecule has 1 fully saturated rings. The molecule has 0 unspecified atom stereocenters. The van der Waals surface area contributed by atoms with Crippen molar-refractivity contribution < 1.29 is 9.59 Å². The molecule has 2 amide bonds. The number of carbonyl (C=O) groups is 2. The summed E-state index contributed by atoms with van der Waals surface area (Å²) in [7, 11) is 0. The molecule has 1 saturated carbocycles. The second-order valence-corrected chi connectivity index (χ2v) is 7.26. The fraction of sp³-hybridized carbons (Fsp3) is 0.333. The highest BCUT2D eigenvalue weighted by atomic mass is 32.1. The first-order valence-electron chi connectivity index (χ1n) is 8.43. The van der Waals surface area contributed by atoms with Crippen molar-refractivity contribution >= 4 is 28.9 Å². The first-order valence-corrected chi connectivity index (χ1v) is 9.25. The van der Waals surface area contributed by atoms with Crippen LogP contribution in [0.15, 0.2) is 35.4 Å². The molecule has 0 spiro atoms. The zero-order chi connectivity index (χ0) is 17.2. The molecule has 6 nitrogen and oxygen atoms in total. The molecule has 25 heavy (non-hydrogen) atoms. The molecule has 2 aliphatic carbocycles. The summed E-state index contributed by atoms with van der Waals surface area (Å²) in [6, 6.07) is 10.2. The Kier molecular flexibility index (Phi) is 4.31. The molecule has 1 aromatic carbocycles. The second-order valence-electron chi connectivity index (χ2n) is 6.26. The van der Waals surface area contributed by atoms with Crippen LogP contribution in [-0.4, -0.2) is 28.6 Å². The van der Waals surface area contributed by atoms with Gasteiger partial charge in [0.05, 0.1) is 16.3 Å². The van der Waals surface area contributed by atoms with Crippen molar-refractivity contribution in [1.82, 2.24) is 15.7 Å². The number of thiazole rings is 1. The summed E-state index contributed by atoms with van der Waals surface area (Å²) >= 11 is 1.58. The van der Waals surface area contributed by atoms with E-state index < -0.39 is 11.8 Å². The molecule has 7 heteroatoms. The van der Waals surface area contributed by atoms with E-state index in [1.54, 1.807) is 11.3 Å². The number of hydrogen-bond donors (Lipinski definition) is 2.